The number of hydrogen-bond donors (Lipinski definition) is 1. The first-order valence-corrected chi connectivity index (χ1v) is 8.66. The van der Waals surface area contributed by atoms with E-state index in [2.05, 4.69) is 10.2 Å². The first-order chi connectivity index (χ1) is 12.6. The van der Waals surface area contributed by atoms with Crippen molar-refractivity contribution in [2.45, 2.75) is 6.10 Å². The van der Waals surface area contributed by atoms with Crippen LogP contribution in [0.3, 0.4) is 0 Å². The van der Waals surface area contributed by atoms with Gasteiger partial charge in [-0.2, -0.15) is 5.10 Å². The van der Waals surface area contributed by atoms with E-state index in [9.17, 15) is 9.59 Å². The van der Waals surface area contributed by atoms with Crippen LogP contribution in [0.25, 0.3) is 0 Å². The monoisotopic (exact) mass is 376 g/mol. The summed E-state index contributed by atoms with van der Waals surface area (Å²) in [4.78, 5) is 28.0. The van der Waals surface area contributed by atoms with Gasteiger partial charge in [-0.1, -0.05) is 23.7 Å². The quantitative estimate of drug-likeness (QED) is 0.838. The number of nitrogens with one attached hydrogen (secondary N) is 1. The molecule has 1 fully saturated rings. The van der Waals surface area contributed by atoms with Gasteiger partial charge in [0.05, 0.1) is 11.9 Å². The molecule has 1 aromatic carbocycles. The van der Waals surface area contributed by atoms with Gasteiger partial charge in [-0.15, -0.1) is 0 Å². The molecule has 1 N–H and O–H groups in total. The van der Waals surface area contributed by atoms with Crippen molar-refractivity contribution in [2.24, 2.45) is 0 Å². The van der Waals surface area contributed by atoms with Crippen LogP contribution in [0.15, 0.2) is 35.3 Å². The van der Waals surface area contributed by atoms with E-state index in [1.54, 1.807) is 11.0 Å². The largest absolute Gasteiger partial charge is 0.485 e. The summed E-state index contributed by atoms with van der Waals surface area (Å²) in [7, 11) is 0. The molecule has 2 aliphatic rings. The van der Waals surface area contributed by atoms with Gasteiger partial charge in [-0.25, -0.2) is 5.10 Å². The molecule has 0 saturated carbocycles. The number of hydrogen-bond acceptors (Lipinski definition) is 6. The molecule has 0 spiro atoms. The predicted molar refractivity (Wildman–Crippen MR) is 95.0 cm³/mol. The first kappa shape index (κ1) is 16.7. The molecule has 1 amide bonds. The van der Waals surface area contributed by atoms with Crippen LogP contribution in [0.4, 0.5) is 5.69 Å². The van der Waals surface area contributed by atoms with Crippen LogP contribution in [0.5, 0.6) is 11.5 Å². The molecule has 26 heavy (non-hydrogen) atoms. The lowest BCUT2D eigenvalue weighted by Crippen LogP contribution is -2.54. The Morgan fingerprint density at radius 1 is 1.19 bits per heavy atom. The minimum atomic E-state index is -0.652. The summed E-state index contributed by atoms with van der Waals surface area (Å²) in [5.41, 5.74) is 0.155. The van der Waals surface area contributed by atoms with Crippen LogP contribution in [-0.4, -0.2) is 59.9 Å². The highest BCUT2D eigenvalue weighted by atomic mass is 35.5. The van der Waals surface area contributed by atoms with E-state index < -0.39 is 11.7 Å². The fraction of sp³-hybridized carbons (Fsp3) is 0.353. The Labute approximate surface area is 154 Å². The number of nitrogens with zero attached hydrogens (tertiary/aromatic N) is 3. The molecule has 3 heterocycles. The Bertz CT molecular complexity index is 879. The fourth-order valence-electron chi connectivity index (χ4n) is 3.11. The summed E-state index contributed by atoms with van der Waals surface area (Å²) < 4.78 is 11.4. The molecular weight excluding hydrogens is 360 g/mol. The van der Waals surface area contributed by atoms with Crippen molar-refractivity contribution in [1.29, 1.82) is 0 Å². The number of fused-ring (bicyclic) bond motifs is 1. The van der Waals surface area contributed by atoms with Gasteiger partial charge in [0.1, 0.15) is 11.6 Å². The Hall–Kier alpha value is -2.74. The number of carbonyl (C=O) groups is 1. The maximum atomic E-state index is 12.7. The van der Waals surface area contributed by atoms with E-state index in [4.69, 9.17) is 21.1 Å². The summed E-state index contributed by atoms with van der Waals surface area (Å²) >= 11 is 6.05. The second-order valence-corrected chi connectivity index (χ2v) is 6.45. The maximum Gasteiger partial charge on any atom is 0.285 e. The summed E-state index contributed by atoms with van der Waals surface area (Å²) in [5, 5.41) is 6.20. The highest BCUT2D eigenvalue weighted by molar-refractivity contribution is 6.33. The zero-order chi connectivity index (χ0) is 18.1. The Kier molecular flexibility index (Phi) is 4.42. The van der Waals surface area contributed by atoms with Gasteiger partial charge in [0.25, 0.3) is 11.5 Å². The summed E-state index contributed by atoms with van der Waals surface area (Å²) in [5.74, 6) is 1.13. The fourth-order valence-corrected chi connectivity index (χ4v) is 3.32. The normalized spacial score (nSPS) is 19.3. The van der Waals surface area contributed by atoms with E-state index in [-0.39, 0.29) is 17.5 Å². The minimum absolute atomic E-state index is 0.103. The number of H-pyrrole nitrogens is 1. The number of carbonyl (C=O) groups excluding carboxylic acids is 1. The van der Waals surface area contributed by atoms with Crippen molar-refractivity contribution >= 4 is 23.2 Å². The molecule has 1 atom stereocenters. The number of benzene rings is 1. The number of anilines is 1. The number of rotatable bonds is 2. The third-order valence-electron chi connectivity index (χ3n) is 4.49. The minimum Gasteiger partial charge on any atom is -0.485 e. The van der Waals surface area contributed by atoms with Crippen LogP contribution in [0.2, 0.25) is 5.02 Å². The molecule has 8 nitrogen and oxygen atoms in total. The van der Waals surface area contributed by atoms with Crippen molar-refractivity contribution in [3.63, 3.8) is 0 Å². The topological polar surface area (TPSA) is 87.8 Å². The summed E-state index contributed by atoms with van der Waals surface area (Å²) in [6.45, 7) is 2.31. The van der Waals surface area contributed by atoms with Crippen molar-refractivity contribution in [3.8, 4) is 11.5 Å². The average molecular weight is 377 g/mol. The first-order valence-electron chi connectivity index (χ1n) is 8.29. The Morgan fingerprint density at radius 2 is 1.92 bits per heavy atom. The summed E-state index contributed by atoms with van der Waals surface area (Å²) in [6.07, 6.45) is 0.872. The lowest BCUT2D eigenvalue weighted by atomic mass is 10.2. The van der Waals surface area contributed by atoms with E-state index in [1.807, 2.05) is 23.1 Å². The zero-order valence-corrected chi connectivity index (χ0v) is 14.6. The van der Waals surface area contributed by atoms with Crippen molar-refractivity contribution in [3.05, 3.63) is 45.8 Å². The second-order valence-electron chi connectivity index (χ2n) is 6.07. The van der Waals surface area contributed by atoms with Gasteiger partial charge in [-0.3, -0.25) is 9.59 Å². The molecular formula is C17H17ClN4O4. The van der Waals surface area contributed by atoms with Crippen LogP contribution in [0, 0.1) is 0 Å². The highest BCUT2D eigenvalue weighted by Crippen LogP contribution is 2.31. The maximum absolute atomic E-state index is 12.7. The molecule has 4 rings (SSSR count). The molecule has 0 bridgehead atoms. The van der Waals surface area contributed by atoms with Crippen LogP contribution in [-0.2, 0) is 4.79 Å². The predicted octanol–water partition coefficient (Wildman–Crippen LogP) is 0.912. The third kappa shape index (κ3) is 3.08. The average Bonchev–Trinajstić information content (AvgIpc) is 2.69. The Balaban J connectivity index is 1.40. The number of aromatic amines is 1. The number of ether oxygens (including phenoxy) is 2. The smallest absolute Gasteiger partial charge is 0.285 e. The molecule has 1 aromatic heterocycles. The van der Waals surface area contributed by atoms with Gasteiger partial charge in [0.15, 0.2) is 11.5 Å². The summed E-state index contributed by atoms with van der Waals surface area (Å²) in [6, 6.07) is 7.30. The number of para-hydroxylation sites is 2. The zero-order valence-electron chi connectivity index (χ0n) is 13.9. The number of amides is 1. The van der Waals surface area contributed by atoms with Crippen LogP contribution >= 0.6 is 11.6 Å². The number of halogens is 1. The third-order valence-corrected chi connectivity index (χ3v) is 4.86. The van der Waals surface area contributed by atoms with Crippen LogP contribution < -0.4 is 19.9 Å². The standard InChI is InChI=1S/C17H17ClN4O4/c18-15-11(9-19-20-16(15)23)21-5-7-22(8-6-21)17(24)14-10-25-12-3-1-2-4-13(12)26-14/h1-4,9,14H,5-8,10H2,(H,20,23). The van der Waals surface area contributed by atoms with E-state index in [0.717, 1.165) is 0 Å². The van der Waals surface area contributed by atoms with Gasteiger partial charge >= 0.3 is 0 Å². The number of aromatic nitrogens is 2. The molecule has 0 aliphatic carbocycles. The van der Waals surface area contributed by atoms with E-state index in [1.165, 1.54) is 6.20 Å². The molecule has 2 aromatic rings. The molecule has 1 saturated heterocycles. The van der Waals surface area contributed by atoms with E-state index in [0.29, 0.717) is 43.4 Å². The van der Waals surface area contributed by atoms with Gasteiger partial charge in [0, 0.05) is 26.2 Å². The van der Waals surface area contributed by atoms with Gasteiger partial charge in [0.2, 0.25) is 6.10 Å². The molecule has 0 radical (unpaired) electrons. The molecule has 2 aliphatic heterocycles. The Morgan fingerprint density at radius 3 is 2.69 bits per heavy atom. The molecule has 1 unspecified atom stereocenters. The van der Waals surface area contributed by atoms with Gasteiger partial charge in [-0.05, 0) is 12.1 Å². The molecule has 136 valence electrons. The highest BCUT2D eigenvalue weighted by Gasteiger charge is 2.33. The van der Waals surface area contributed by atoms with Crippen LogP contribution in [0.1, 0.15) is 0 Å². The van der Waals surface area contributed by atoms with Crippen molar-refractivity contribution < 1.29 is 14.3 Å². The number of piperazine rings is 1. The van der Waals surface area contributed by atoms with Crippen molar-refractivity contribution in [1.82, 2.24) is 15.1 Å². The van der Waals surface area contributed by atoms with Gasteiger partial charge < -0.3 is 19.3 Å². The SMILES string of the molecule is O=C(C1COc2ccccc2O1)N1CCN(c2cn[nH]c(=O)c2Cl)CC1. The van der Waals surface area contributed by atoms with E-state index >= 15 is 0 Å². The second kappa shape index (κ2) is 6.87. The lowest BCUT2D eigenvalue weighted by molar-refractivity contribution is -0.141. The molecule has 9 heteroatoms. The lowest BCUT2D eigenvalue weighted by Gasteiger charge is -2.38. The van der Waals surface area contributed by atoms with Crippen molar-refractivity contribution in [2.75, 3.05) is 37.7 Å².